The standard InChI is InChI=1S/C31H25FN2O2/c1-36-25-9-5-8-23(18-25)26-13-11-24(29-20-33-15-14-28(26)29)19-34-31(35)17-21-10-12-27(30(32)16-21)22-6-3-2-4-7-22/h2-16,18,20H,17,19H2,1H3,(H,34,35). The van der Waals surface area contributed by atoms with Crippen LogP contribution in [0.25, 0.3) is 33.0 Å². The van der Waals surface area contributed by atoms with Gasteiger partial charge in [0, 0.05) is 29.9 Å². The van der Waals surface area contributed by atoms with Gasteiger partial charge in [0.1, 0.15) is 11.6 Å². The highest BCUT2D eigenvalue weighted by Crippen LogP contribution is 2.32. The van der Waals surface area contributed by atoms with Gasteiger partial charge in [-0.2, -0.15) is 0 Å². The molecule has 1 amide bonds. The minimum Gasteiger partial charge on any atom is -0.497 e. The Kier molecular flexibility index (Phi) is 6.72. The molecule has 0 saturated heterocycles. The molecule has 0 radical (unpaired) electrons. The molecule has 0 atom stereocenters. The van der Waals surface area contributed by atoms with E-state index in [1.54, 1.807) is 25.4 Å². The summed E-state index contributed by atoms with van der Waals surface area (Å²) in [4.78, 5) is 17.0. The van der Waals surface area contributed by atoms with Gasteiger partial charge in [-0.3, -0.25) is 9.78 Å². The van der Waals surface area contributed by atoms with Crippen LogP contribution < -0.4 is 10.1 Å². The largest absolute Gasteiger partial charge is 0.497 e. The first-order valence-electron chi connectivity index (χ1n) is 11.7. The third-order valence-electron chi connectivity index (χ3n) is 6.25. The van der Waals surface area contributed by atoms with Crippen LogP contribution >= 0.6 is 0 Å². The molecule has 1 aromatic heterocycles. The number of methoxy groups -OCH3 is 1. The second kappa shape index (κ2) is 10.4. The van der Waals surface area contributed by atoms with Gasteiger partial charge in [0.15, 0.2) is 0 Å². The highest BCUT2D eigenvalue weighted by molar-refractivity contribution is 5.98. The predicted octanol–water partition coefficient (Wildman–Crippen LogP) is 6.58. The Morgan fingerprint density at radius 3 is 2.47 bits per heavy atom. The van der Waals surface area contributed by atoms with Crippen LogP contribution in [0.4, 0.5) is 4.39 Å². The number of carbonyl (C=O) groups excluding carboxylic acids is 1. The second-order valence-corrected chi connectivity index (χ2v) is 8.56. The number of hydrogen-bond donors (Lipinski definition) is 1. The zero-order valence-corrected chi connectivity index (χ0v) is 19.9. The van der Waals surface area contributed by atoms with Crippen LogP contribution in [0, 0.1) is 5.82 Å². The van der Waals surface area contributed by atoms with E-state index in [1.165, 1.54) is 6.07 Å². The summed E-state index contributed by atoms with van der Waals surface area (Å²) in [5, 5.41) is 4.99. The normalized spacial score (nSPS) is 10.8. The second-order valence-electron chi connectivity index (χ2n) is 8.56. The van der Waals surface area contributed by atoms with Gasteiger partial charge in [-0.1, -0.05) is 66.7 Å². The molecule has 0 aliphatic rings. The molecule has 4 aromatic carbocycles. The summed E-state index contributed by atoms with van der Waals surface area (Å²) in [6.45, 7) is 0.351. The van der Waals surface area contributed by atoms with Crippen LogP contribution in [0.5, 0.6) is 5.75 Å². The molecular formula is C31H25FN2O2. The number of benzene rings is 4. The van der Waals surface area contributed by atoms with Gasteiger partial charge in [0.05, 0.1) is 13.5 Å². The van der Waals surface area contributed by atoms with Gasteiger partial charge < -0.3 is 10.1 Å². The smallest absolute Gasteiger partial charge is 0.224 e. The lowest BCUT2D eigenvalue weighted by molar-refractivity contribution is -0.120. The van der Waals surface area contributed by atoms with Gasteiger partial charge >= 0.3 is 0 Å². The molecule has 0 aliphatic carbocycles. The predicted molar refractivity (Wildman–Crippen MR) is 141 cm³/mol. The Balaban J connectivity index is 1.32. The minimum atomic E-state index is -0.336. The Morgan fingerprint density at radius 2 is 1.67 bits per heavy atom. The zero-order valence-electron chi connectivity index (χ0n) is 19.9. The molecule has 0 saturated carbocycles. The lowest BCUT2D eigenvalue weighted by atomic mass is 9.96. The molecule has 36 heavy (non-hydrogen) atoms. The molecule has 4 nitrogen and oxygen atoms in total. The Morgan fingerprint density at radius 1 is 0.861 bits per heavy atom. The highest BCUT2D eigenvalue weighted by Gasteiger charge is 2.12. The average Bonchev–Trinajstić information content (AvgIpc) is 2.92. The maximum atomic E-state index is 14.7. The SMILES string of the molecule is COc1cccc(-c2ccc(CNC(=O)Cc3ccc(-c4ccccc4)c(F)c3)c3cnccc23)c1. The number of carbonyl (C=O) groups is 1. The number of fused-ring (bicyclic) bond motifs is 1. The van der Waals surface area contributed by atoms with Crippen LogP contribution in [0.15, 0.2) is 103 Å². The van der Waals surface area contributed by atoms with Crippen molar-refractivity contribution in [2.45, 2.75) is 13.0 Å². The molecule has 0 spiro atoms. The summed E-state index contributed by atoms with van der Waals surface area (Å²) in [6, 6.07) is 28.3. The summed E-state index contributed by atoms with van der Waals surface area (Å²) >= 11 is 0. The van der Waals surface area contributed by atoms with Crippen molar-refractivity contribution in [3.05, 3.63) is 120 Å². The van der Waals surface area contributed by atoms with E-state index in [0.717, 1.165) is 38.8 Å². The monoisotopic (exact) mass is 476 g/mol. The molecule has 1 heterocycles. The van der Waals surface area contributed by atoms with Crippen molar-refractivity contribution in [2.24, 2.45) is 0 Å². The number of ether oxygens (including phenoxy) is 1. The van der Waals surface area contributed by atoms with E-state index in [-0.39, 0.29) is 18.1 Å². The van der Waals surface area contributed by atoms with E-state index < -0.39 is 0 Å². The number of halogens is 1. The number of nitrogens with one attached hydrogen (secondary N) is 1. The van der Waals surface area contributed by atoms with Crippen LogP contribution in [0.3, 0.4) is 0 Å². The maximum absolute atomic E-state index is 14.7. The molecular weight excluding hydrogens is 451 g/mol. The Labute approximate surface area is 209 Å². The van der Waals surface area contributed by atoms with Crippen molar-refractivity contribution in [1.29, 1.82) is 0 Å². The molecule has 5 rings (SSSR count). The fourth-order valence-corrected chi connectivity index (χ4v) is 4.41. The van der Waals surface area contributed by atoms with E-state index >= 15 is 0 Å². The first kappa shape index (κ1) is 23.2. The molecule has 5 aromatic rings. The van der Waals surface area contributed by atoms with E-state index in [4.69, 9.17) is 4.74 Å². The van der Waals surface area contributed by atoms with Crippen molar-refractivity contribution in [1.82, 2.24) is 10.3 Å². The quantitative estimate of drug-likeness (QED) is 0.289. The first-order chi connectivity index (χ1) is 17.6. The summed E-state index contributed by atoms with van der Waals surface area (Å²) in [7, 11) is 1.65. The Bertz CT molecular complexity index is 1530. The molecule has 0 aliphatic heterocycles. The van der Waals surface area contributed by atoms with Crippen molar-refractivity contribution in [3.8, 4) is 28.0 Å². The topological polar surface area (TPSA) is 51.2 Å². The summed E-state index contributed by atoms with van der Waals surface area (Å²) in [6.07, 6.45) is 3.68. The van der Waals surface area contributed by atoms with Gasteiger partial charge in [0.2, 0.25) is 5.91 Å². The minimum absolute atomic E-state index is 0.101. The van der Waals surface area contributed by atoms with E-state index in [2.05, 4.69) is 16.4 Å². The number of aromatic nitrogens is 1. The number of rotatable bonds is 7. The molecule has 0 bridgehead atoms. The third-order valence-corrected chi connectivity index (χ3v) is 6.25. The fraction of sp³-hybridized carbons (Fsp3) is 0.0968. The van der Waals surface area contributed by atoms with Crippen LogP contribution in [-0.4, -0.2) is 18.0 Å². The van der Waals surface area contributed by atoms with Crippen LogP contribution in [0.2, 0.25) is 0 Å². The number of amides is 1. The molecule has 5 heteroatoms. The van der Waals surface area contributed by atoms with E-state index in [0.29, 0.717) is 17.7 Å². The molecule has 0 unspecified atom stereocenters. The number of nitrogens with zero attached hydrogens (tertiary/aromatic N) is 1. The van der Waals surface area contributed by atoms with Crippen molar-refractivity contribution in [2.75, 3.05) is 7.11 Å². The number of pyridine rings is 1. The zero-order chi connectivity index (χ0) is 24.9. The molecule has 178 valence electrons. The summed E-state index contributed by atoms with van der Waals surface area (Å²) in [5.41, 5.74) is 5.03. The van der Waals surface area contributed by atoms with Gasteiger partial charge in [-0.25, -0.2) is 4.39 Å². The van der Waals surface area contributed by atoms with Gasteiger partial charge in [-0.05, 0) is 57.5 Å². The summed E-state index contributed by atoms with van der Waals surface area (Å²) in [5.74, 6) is 0.284. The lowest BCUT2D eigenvalue weighted by Crippen LogP contribution is -2.24. The van der Waals surface area contributed by atoms with E-state index in [1.807, 2.05) is 72.9 Å². The molecule has 1 N–H and O–H groups in total. The Hall–Kier alpha value is -4.51. The number of hydrogen-bond acceptors (Lipinski definition) is 3. The van der Waals surface area contributed by atoms with E-state index in [9.17, 15) is 9.18 Å². The van der Waals surface area contributed by atoms with Crippen LogP contribution in [-0.2, 0) is 17.8 Å². The van der Waals surface area contributed by atoms with Crippen molar-refractivity contribution >= 4 is 16.7 Å². The fourth-order valence-electron chi connectivity index (χ4n) is 4.41. The highest BCUT2D eigenvalue weighted by atomic mass is 19.1. The summed E-state index contributed by atoms with van der Waals surface area (Å²) < 4.78 is 20.1. The maximum Gasteiger partial charge on any atom is 0.224 e. The lowest BCUT2D eigenvalue weighted by Gasteiger charge is -2.13. The van der Waals surface area contributed by atoms with Gasteiger partial charge in [0.25, 0.3) is 0 Å². The van der Waals surface area contributed by atoms with Gasteiger partial charge in [-0.15, -0.1) is 0 Å². The third kappa shape index (κ3) is 4.96. The average molecular weight is 477 g/mol. The molecule has 0 fully saturated rings. The van der Waals surface area contributed by atoms with Crippen molar-refractivity contribution < 1.29 is 13.9 Å². The van der Waals surface area contributed by atoms with Crippen molar-refractivity contribution in [3.63, 3.8) is 0 Å². The first-order valence-corrected chi connectivity index (χ1v) is 11.7. The van der Waals surface area contributed by atoms with Crippen LogP contribution in [0.1, 0.15) is 11.1 Å².